The number of piperidine rings is 1. The Labute approximate surface area is 124 Å². The Morgan fingerprint density at radius 2 is 1.52 bits per heavy atom. The van der Waals surface area contributed by atoms with Gasteiger partial charge in [0, 0.05) is 18.6 Å². The Balaban J connectivity index is 2.96. The quantitative estimate of drug-likeness (QED) is 0.690. The first-order valence-electron chi connectivity index (χ1n) is 6.93. The molecule has 1 aliphatic rings. The summed E-state index contributed by atoms with van der Waals surface area (Å²) in [6.07, 6.45) is 0.138. The number of rotatable bonds is 4. The van der Waals surface area contributed by atoms with Crippen molar-refractivity contribution in [2.45, 2.75) is 39.7 Å². The van der Waals surface area contributed by atoms with Crippen molar-refractivity contribution < 1.29 is 24.6 Å². The molecule has 1 amide bonds. The summed E-state index contributed by atoms with van der Waals surface area (Å²) >= 11 is 0. The van der Waals surface area contributed by atoms with Crippen LogP contribution < -0.4 is 5.73 Å². The minimum atomic E-state index is -1.19. The molecule has 21 heavy (non-hydrogen) atoms. The zero-order valence-corrected chi connectivity index (χ0v) is 12.9. The summed E-state index contributed by atoms with van der Waals surface area (Å²) < 4.78 is 0. The molecular weight excluding hydrogens is 276 g/mol. The van der Waals surface area contributed by atoms with Crippen molar-refractivity contribution >= 4 is 17.8 Å². The lowest BCUT2D eigenvalue weighted by Crippen LogP contribution is -2.59. The first-order chi connectivity index (χ1) is 9.39. The molecule has 0 aliphatic carbocycles. The zero-order valence-electron chi connectivity index (χ0n) is 12.9. The monoisotopic (exact) mass is 300 g/mol. The molecule has 0 radical (unpaired) electrons. The molecule has 1 rings (SSSR count). The molecule has 1 fully saturated rings. The molecular formula is C14H24N2O5. The van der Waals surface area contributed by atoms with Crippen molar-refractivity contribution in [2.24, 2.45) is 23.0 Å². The van der Waals surface area contributed by atoms with Crippen molar-refractivity contribution in [3.8, 4) is 0 Å². The largest absolute Gasteiger partial charge is 0.481 e. The summed E-state index contributed by atoms with van der Waals surface area (Å²) in [6, 6.07) is 0. The number of nitrogens with zero attached hydrogens (tertiary/aromatic N) is 1. The van der Waals surface area contributed by atoms with E-state index in [1.807, 2.05) is 0 Å². The highest BCUT2D eigenvalue weighted by atomic mass is 16.4. The third-order valence-electron chi connectivity index (χ3n) is 4.68. The van der Waals surface area contributed by atoms with Crippen LogP contribution in [0, 0.1) is 17.3 Å². The first-order valence-corrected chi connectivity index (χ1v) is 6.93. The van der Waals surface area contributed by atoms with Gasteiger partial charge in [-0.05, 0) is 34.1 Å². The molecule has 0 bridgehead atoms. The van der Waals surface area contributed by atoms with E-state index in [-0.39, 0.29) is 25.4 Å². The highest BCUT2D eigenvalue weighted by molar-refractivity contribution is 5.86. The topological polar surface area (TPSA) is 121 Å². The van der Waals surface area contributed by atoms with Gasteiger partial charge in [0.1, 0.15) is 0 Å². The van der Waals surface area contributed by atoms with Gasteiger partial charge in [-0.15, -0.1) is 0 Å². The standard InChI is InChI=1S/C14H24N2O5/c1-13(2,14(3,4)15)12(21)16-6-5-8(10(17)18)9(7-16)11(19)20/h8-9H,5-7,15H2,1-4H3,(H,17,18)(H,19,20). The number of nitrogens with two attached hydrogens (primary N) is 1. The molecule has 7 nitrogen and oxygen atoms in total. The molecule has 1 saturated heterocycles. The fraction of sp³-hybridized carbons (Fsp3) is 0.786. The third kappa shape index (κ3) is 3.34. The number of carbonyl (C=O) groups excluding carboxylic acids is 1. The van der Waals surface area contributed by atoms with Gasteiger partial charge >= 0.3 is 11.9 Å². The van der Waals surface area contributed by atoms with Crippen LogP contribution in [0.25, 0.3) is 0 Å². The van der Waals surface area contributed by atoms with Crippen molar-refractivity contribution in [2.75, 3.05) is 13.1 Å². The van der Waals surface area contributed by atoms with E-state index >= 15 is 0 Å². The predicted octanol–water partition coefficient (Wildman–Crippen LogP) is 0.384. The summed E-state index contributed by atoms with van der Waals surface area (Å²) in [6.45, 7) is 7.06. The van der Waals surface area contributed by atoms with Gasteiger partial charge in [0.05, 0.1) is 17.3 Å². The summed E-state index contributed by atoms with van der Waals surface area (Å²) in [5.74, 6) is -4.61. The van der Waals surface area contributed by atoms with Gasteiger partial charge in [-0.3, -0.25) is 14.4 Å². The Kier molecular flexibility index (Phi) is 4.67. The van der Waals surface area contributed by atoms with Crippen LogP contribution in [0.4, 0.5) is 0 Å². The molecule has 2 atom stereocenters. The van der Waals surface area contributed by atoms with E-state index in [0.29, 0.717) is 0 Å². The van der Waals surface area contributed by atoms with Crippen molar-refractivity contribution in [1.82, 2.24) is 4.90 Å². The van der Waals surface area contributed by atoms with E-state index in [9.17, 15) is 19.5 Å². The molecule has 0 spiro atoms. The summed E-state index contributed by atoms with van der Waals surface area (Å²) in [5.41, 5.74) is 4.39. The van der Waals surface area contributed by atoms with Crippen LogP contribution in [-0.2, 0) is 14.4 Å². The molecule has 1 heterocycles. The lowest BCUT2D eigenvalue weighted by Gasteiger charge is -2.43. The van der Waals surface area contributed by atoms with Gasteiger partial charge in [0.2, 0.25) is 5.91 Å². The van der Waals surface area contributed by atoms with Crippen LogP contribution in [0.2, 0.25) is 0 Å². The van der Waals surface area contributed by atoms with E-state index < -0.39 is 34.7 Å². The Bertz CT molecular complexity index is 453. The second kappa shape index (κ2) is 5.63. The van der Waals surface area contributed by atoms with Gasteiger partial charge in [-0.2, -0.15) is 0 Å². The number of carbonyl (C=O) groups is 3. The van der Waals surface area contributed by atoms with Crippen molar-refractivity contribution in [3.05, 3.63) is 0 Å². The Morgan fingerprint density at radius 1 is 1.05 bits per heavy atom. The summed E-state index contributed by atoms with van der Waals surface area (Å²) in [7, 11) is 0. The number of likely N-dealkylation sites (tertiary alicyclic amines) is 1. The van der Waals surface area contributed by atoms with Gasteiger partial charge in [-0.1, -0.05) is 0 Å². The molecule has 120 valence electrons. The van der Waals surface area contributed by atoms with Gasteiger partial charge < -0.3 is 20.8 Å². The third-order valence-corrected chi connectivity index (χ3v) is 4.68. The van der Waals surface area contributed by atoms with Gasteiger partial charge in [0.25, 0.3) is 0 Å². The van der Waals surface area contributed by atoms with Gasteiger partial charge in [-0.25, -0.2) is 0 Å². The molecule has 4 N–H and O–H groups in total. The van der Waals surface area contributed by atoms with E-state index in [1.165, 1.54) is 4.90 Å². The number of aliphatic carboxylic acids is 2. The number of carboxylic acids is 2. The first kappa shape index (κ1) is 17.4. The number of amides is 1. The maximum Gasteiger partial charge on any atom is 0.309 e. The van der Waals surface area contributed by atoms with E-state index in [4.69, 9.17) is 10.8 Å². The molecule has 2 unspecified atom stereocenters. The zero-order chi connectivity index (χ0) is 16.6. The smallest absolute Gasteiger partial charge is 0.309 e. The lowest BCUT2D eigenvalue weighted by molar-refractivity contribution is -0.161. The fourth-order valence-electron chi connectivity index (χ4n) is 2.35. The van der Waals surface area contributed by atoms with E-state index in [0.717, 1.165) is 0 Å². The number of hydrogen-bond acceptors (Lipinski definition) is 4. The predicted molar refractivity (Wildman–Crippen MR) is 75.5 cm³/mol. The molecule has 1 aliphatic heterocycles. The van der Waals surface area contributed by atoms with Crippen LogP contribution in [0.1, 0.15) is 34.1 Å². The van der Waals surface area contributed by atoms with E-state index in [1.54, 1.807) is 27.7 Å². The molecule has 0 saturated carbocycles. The molecule has 0 aromatic rings. The van der Waals surface area contributed by atoms with E-state index in [2.05, 4.69) is 0 Å². The van der Waals surface area contributed by atoms with Gasteiger partial charge in [0.15, 0.2) is 0 Å². The number of carboxylic acid groups (broad SMARTS) is 2. The average Bonchev–Trinajstić information content (AvgIpc) is 2.35. The second-order valence-corrected chi connectivity index (χ2v) is 6.78. The maximum atomic E-state index is 12.6. The molecule has 0 aromatic heterocycles. The minimum Gasteiger partial charge on any atom is -0.481 e. The molecule has 0 aromatic carbocycles. The van der Waals surface area contributed by atoms with Crippen LogP contribution in [0.3, 0.4) is 0 Å². The highest BCUT2D eigenvalue weighted by Gasteiger charge is 2.46. The second-order valence-electron chi connectivity index (χ2n) is 6.78. The fourth-order valence-corrected chi connectivity index (χ4v) is 2.35. The Hall–Kier alpha value is -1.63. The molecule has 7 heteroatoms. The lowest BCUT2D eigenvalue weighted by atomic mass is 9.73. The van der Waals surface area contributed by atoms with Crippen molar-refractivity contribution in [3.63, 3.8) is 0 Å². The van der Waals surface area contributed by atoms with Crippen LogP contribution >= 0.6 is 0 Å². The van der Waals surface area contributed by atoms with Crippen LogP contribution in [-0.4, -0.2) is 51.6 Å². The number of hydrogen-bond donors (Lipinski definition) is 3. The maximum absolute atomic E-state index is 12.6. The minimum absolute atomic E-state index is 0.0926. The average molecular weight is 300 g/mol. The normalized spacial score (nSPS) is 23.8. The van der Waals surface area contributed by atoms with Crippen LogP contribution in [0.15, 0.2) is 0 Å². The Morgan fingerprint density at radius 3 is 1.90 bits per heavy atom. The van der Waals surface area contributed by atoms with Crippen molar-refractivity contribution in [1.29, 1.82) is 0 Å². The summed E-state index contributed by atoms with van der Waals surface area (Å²) in [4.78, 5) is 36.4. The summed E-state index contributed by atoms with van der Waals surface area (Å²) in [5, 5.41) is 18.3. The highest BCUT2D eigenvalue weighted by Crippen LogP contribution is 2.33. The SMILES string of the molecule is CC(C)(N)C(C)(C)C(=O)N1CCC(C(=O)O)C(C(=O)O)C1. The van der Waals surface area contributed by atoms with Crippen LogP contribution in [0.5, 0.6) is 0 Å².